The molecule has 0 bridgehead atoms. The van der Waals surface area contributed by atoms with Crippen LogP contribution in [0.1, 0.15) is 75.6 Å². The monoisotopic (exact) mass is 1240 g/mol. The fraction of sp³-hybridized carbons (Fsp3) is 0.609. The van der Waals surface area contributed by atoms with Crippen molar-refractivity contribution in [2.75, 3.05) is 49.5 Å². The summed E-state index contributed by atoms with van der Waals surface area (Å²) in [6, 6.07) is -10.9. The number of alkyl halides is 8. The van der Waals surface area contributed by atoms with E-state index in [2.05, 4.69) is 0 Å². The summed E-state index contributed by atoms with van der Waals surface area (Å²) in [5.41, 5.74) is -11.8. The number of carboxylic acid groups (broad SMARTS) is 4. The van der Waals surface area contributed by atoms with Crippen molar-refractivity contribution in [3.05, 3.63) is 68.2 Å². The van der Waals surface area contributed by atoms with Gasteiger partial charge in [0.1, 0.15) is 25.0 Å². The van der Waals surface area contributed by atoms with Gasteiger partial charge in [-0.15, -0.1) is 10.1 Å². The first-order chi connectivity index (χ1) is 36.5. The molecule has 2 aromatic carbocycles. The summed E-state index contributed by atoms with van der Waals surface area (Å²) in [7, 11) is -10.1. The van der Waals surface area contributed by atoms with Gasteiger partial charge >= 0.3 is 48.2 Å². The molecule has 0 aromatic heterocycles. The SMILES string of the molecule is CC(C)C1(C(=O)O)C(CS(=O)(=O)CCN)N(OC(=O)C(=O)ON2C(CF)C(C)(C(=O)O)C(c3c(F)ccc(Cl)c3C(F)(F)F)C(C(=O)O)(C(C)C)C2CS(=O)(=O)CCN)C(CF)C(C)(C(=O)O)C1c1c(F)ccc(Cl)c1C(F)(F)F. The molecule has 0 radical (unpaired) electrons. The fourth-order valence-electron chi connectivity index (χ4n) is 11.9. The molecule has 0 spiro atoms. The number of nitrogens with two attached hydrogens (primary N) is 2. The van der Waals surface area contributed by atoms with Crippen molar-refractivity contribution >= 4 is 78.7 Å². The first kappa shape index (κ1) is 67.4. The van der Waals surface area contributed by atoms with E-state index in [1.165, 1.54) is 0 Å². The van der Waals surface area contributed by atoms with Crippen LogP contribution in [0.25, 0.3) is 0 Å². The van der Waals surface area contributed by atoms with Crippen molar-refractivity contribution in [1.29, 1.82) is 0 Å². The Morgan fingerprint density at radius 1 is 0.588 bits per heavy atom. The molecule has 2 saturated heterocycles. The Bertz CT molecular complexity index is 2820. The summed E-state index contributed by atoms with van der Waals surface area (Å²) in [6.07, 6.45) is -11.6. The van der Waals surface area contributed by atoms with Gasteiger partial charge in [-0.25, -0.2) is 44.0 Å². The minimum atomic E-state index is -5.82. The Labute approximate surface area is 459 Å². The molecule has 450 valence electrons. The molecule has 20 nitrogen and oxygen atoms in total. The number of carbonyl (C=O) groups excluding carboxylic acids is 2. The predicted octanol–water partition coefficient (Wildman–Crippen LogP) is 5.52. The zero-order valence-electron chi connectivity index (χ0n) is 42.7. The number of carboxylic acids is 4. The number of nitrogens with zero attached hydrogens (tertiary/aromatic N) is 2. The topological polar surface area (TPSA) is 329 Å². The maximum absolute atomic E-state index is 16.4. The van der Waals surface area contributed by atoms with Gasteiger partial charge in [0, 0.05) is 36.1 Å². The van der Waals surface area contributed by atoms with Crippen LogP contribution in [0.3, 0.4) is 0 Å². The van der Waals surface area contributed by atoms with E-state index in [0.29, 0.717) is 26.0 Å². The minimum Gasteiger partial charge on any atom is -0.481 e. The molecule has 4 rings (SSSR count). The number of hydrogen-bond donors (Lipinski definition) is 6. The number of carbonyl (C=O) groups is 6. The number of rotatable bonds is 20. The highest BCUT2D eigenvalue weighted by Crippen LogP contribution is 2.66. The van der Waals surface area contributed by atoms with Crippen molar-refractivity contribution in [1.82, 2.24) is 10.1 Å². The number of sulfone groups is 2. The Kier molecular flexibility index (Phi) is 19.9. The van der Waals surface area contributed by atoms with Crippen LogP contribution in [0.4, 0.5) is 43.9 Å². The zero-order valence-corrected chi connectivity index (χ0v) is 45.8. The second-order valence-electron chi connectivity index (χ2n) is 20.1. The molecule has 2 heterocycles. The quantitative estimate of drug-likeness (QED) is 0.0702. The lowest BCUT2D eigenvalue weighted by Gasteiger charge is -2.61. The van der Waals surface area contributed by atoms with Crippen LogP contribution in [0.15, 0.2) is 24.3 Å². The van der Waals surface area contributed by atoms with Crippen molar-refractivity contribution in [3.8, 4) is 0 Å². The molecular formula is C46H54Cl2F10N4O16S2. The fourth-order valence-corrected chi connectivity index (χ4v) is 15.3. The second kappa shape index (κ2) is 23.6. The highest BCUT2D eigenvalue weighted by Gasteiger charge is 2.76. The zero-order chi connectivity index (χ0) is 61.8. The molecule has 34 heteroatoms. The van der Waals surface area contributed by atoms with Crippen molar-refractivity contribution in [2.24, 2.45) is 45.0 Å². The van der Waals surface area contributed by atoms with Crippen LogP contribution in [0.5, 0.6) is 0 Å². The van der Waals surface area contributed by atoms with Gasteiger partial charge < -0.3 is 41.6 Å². The number of hydroxylamine groups is 4. The van der Waals surface area contributed by atoms with E-state index in [0.717, 1.165) is 27.7 Å². The Morgan fingerprint density at radius 3 is 1.09 bits per heavy atom. The molecule has 10 unspecified atom stereocenters. The lowest BCUT2D eigenvalue weighted by molar-refractivity contribution is -0.294. The average Bonchev–Trinajstić information content (AvgIpc) is 3.30. The Hall–Kier alpha value is -5.12. The third-order valence-electron chi connectivity index (χ3n) is 15.4. The molecule has 2 aliphatic rings. The van der Waals surface area contributed by atoms with Gasteiger partial charge in [0.25, 0.3) is 0 Å². The Balaban J connectivity index is 2.20. The highest BCUT2D eigenvalue weighted by molar-refractivity contribution is 7.91. The van der Waals surface area contributed by atoms with E-state index in [1.54, 1.807) is 0 Å². The van der Waals surface area contributed by atoms with Gasteiger partial charge in [-0.05, 0) is 49.9 Å². The lowest BCUT2D eigenvalue weighted by atomic mass is 9.48. The third-order valence-corrected chi connectivity index (χ3v) is 19.4. The van der Waals surface area contributed by atoms with Crippen LogP contribution in [-0.4, -0.2) is 157 Å². The van der Waals surface area contributed by atoms with E-state index in [-0.39, 0.29) is 22.3 Å². The van der Waals surface area contributed by atoms with Crippen LogP contribution in [0, 0.1) is 45.1 Å². The molecule has 80 heavy (non-hydrogen) atoms. The Morgan fingerprint density at radius 2 is 0.875 bits per heavy atom. The summed E-state index contributed by atoms with van der Waals surface area (Å²) >= 11 is 11.9. The van der Waals surface area contributed by atoms with E-state index in [9.17, 15) is 66.0 Å². The molecule has 0 amide bonds. The van der Waals surface area contributed by atoms with Crippen LogP contribution >= 0.6 is 23.2 Å². The molecule has 0 saturated carbocycles. The molecule has 2 fully saturated rings. The lowest BCUT2D eigenvalue weighted by Crippen LogP contribution is -2.75. The smallest absolute Gasteiger partial charge is 0.438 e. The summed E-state index contributed by atoms with van der Waals surface area (Å²) in [4.78, 5) is 95.1. The predicted molar refractivity (Wildman–Crippen MR) is 258 cm³/mol. The van der Waals surface area contributed by atoms with Gasteiger partial charge in [-0.1, -0.05) is 50.9 Å². The molecule has 2 aromatic rings. The minimum absolute atomic E-state index is 0.242. The maximum atomic E-state index is 16.4. The largest absolute Gasteiger partial charge is 0.481 e. The van der Waals surface area contributed by atoms with E-state index < -0.39 is 231 Å². The van der Waals surface area contributed by atoms with Crippen LogP contribution < -0.4 is 11.5 Å². The van der Waals surface area contributed by atoms with Gasteiger partial charge in [0.2, 0.25) is 0 Å². The molecule has 10 atom stereocenters. The third kappa shape index (κ3) is 11.3. The van der Waals surface area contributed by atoms with E-state index >= 15 is 43.9 Å². The van der Waals surface area contributed by atoms with E-state index in [4.69, 9.17) is 44.3 Å². The van der Waals surface area contributed by atoms with Gasteiger partial charge in [-0.2, -0.15) is 26.3 Å². The number of benzene rings is 2. The van der Waals surface area contributed by atoms with Gasteiger partial charge in [0.05, 0.1) is 90.0 Å². The normalized spacial score (nSPS) is 28.2. The van der Waals surface area contributed by atoms with E-state index in [1.807, 2.05) is 0 Å². The van der Waals surface area contributed by atoms with Crippen molar-refractivity contribution in [3.63, 3.8) is 0 Å². The first-order valence-corrected chi connectivity index (χ1v) is 27.9. The number of hydrogen-bond acceptors (Lipinski definition) is 16. The maximum Gasteiger partial charge on any atom is 0.438 e. The standard InChI is InChI=1S/C46H54Cl2F10N4O16S2/c1-19(2)43(39(69)70)27(17-79(73,74)13-11-59)61(25(15-49)41(5,37(65)66)33(43)29-23(51)9-7-21(47)31(29)45(53,54)55)77-35(63)36(64)78-62-26(16-50)42(6,38(67)68)34(30-24(52)10-8-22(48)32(30)46(56,57)58)44(20(3)4,40(71)72)28(62)18-80(75,76)14-12-60/h7-10,19-20,25-28,33-34H,11-18,59-60H2,1-6H3,(H,65,66)(H,67,68)(H,69,70)(H,71,72). The highest BCUT2D eigenvalue weighted by atomic mass is 35.5. The summed E-state index contributed by atoms with van der Waals surface area (Å²) in [5.74, 6) is -36.0. The summed E-state index contributed by atoms with van der Waals surface area (Å²) in [5, 5.41) is 41.2. The van der Waals surface area contributed by atoms with Crippen molar-refractivity contribution < 1.29 is 120 Å². The number of piperidine rings is 2. The molecule has 8 N–H and O–H groups in total. The number of halogens is 12. The summed E-state index contributed by atoms with van der Waals surface area (Å²) < 4.78 is 211. The van der Waals surface area contributed by atoms with Crippen LogP contribution in [-0.2, 0) is 70.5 Å². The average molecular weight is 1240 g/mol. The van der Waals surface area contributed by atoms with Crippen LogP contribution in [0.2, 0.25) is 10.0 Å². The number of aliphatic carboxylic acids is 4. The molecule has 2 aliphatic heterocycles. The van der Waals surface area contributed by atoms with Gasteiger partial charge in [0.15, 0.2) is 19.7 Å². The molecular weight excluding hydrogens is 1190 g/mol. The second-order valence-corrected chi connectivity index (χ2v) is 25.4. The molecule has 0 aliphatic carbocycles. The van der Waals surface area contributed by atoms with Gasteiger partial charge in [-0.3, -0.25) is 19.2 Å². The summed E-state index contributed by atoms with van der Waals surface area (Å²) in [6.45, 7) is -2.36. The van der Waals surface area contributed by atoms with Crippen molar-refractivity contribution in [2.45, 2.75) is 89.9 Å². The first-order valence-electron chi connectivity index (χ1n) is 23.5.